The summed E-state index contributed by atoms with van der Waals surface area (Å²) in [5.74, 6) is 0.671. The first-order chi connectivity index (χ1) is 20.4. The number of nitrogens with one attached hydrogen (secondary N) is 1. The number of ether oxygens (including phenoxy) is 3. The van der Waals surface area contributed by atoms with Crippen LogP contribution in [-0.4, -0.2) is 78.0 Å². The zero-order valence-corrected chi connectivity index (χ0v) is 24.7. The quantitative estimate of drug-likeness (QED) is 0.281. The van der Waals surface area contributed by atoms with Crippen molar-refractivity contribution in [2.75, 3.05) is 49.3 Å². The minimum atomic E-state index is -0.385. The largest absolute Gasteiger partial charge is 0.481 e. The van der Waals surface area contributed by atoms with Crippen LogP contribution in [0, 0.1) is 0 Å². The lowest BCUT2D eigenvalue weighted by Crippen LogP contribution is -2.28. The van der Waals surface area contributed by atoms with Gasteiger partial charge in [0.1, 0.15) is 6.10 Å². The Bertz CT molecular complexity index is 1450. The van der Waals surface area contributed by atoms with E-state index in [2.05, 4.69) is 20.2 Å². The molecule has 1 fully saturated rings. The Morgan fingerprint density at radius 1 is 1.19 bits per heavy atom. The number of aromatic nitrogens is 2. The molecule has 4 heterocycles. The maximum absolute atomic E-state index is 12.7. The van der Waals surface area contributed by atoms with Gasteiger partial charge in [-0.05, 0) is 75.2 Å². The van der Waals surface area contributed by atoms with E-state index in [1.807, 2.05) is 30.3 Å². The van der Waals surface area contributed by atoms with Gasteiger partial charge in [-0.2, -0.15) is 0 Å². The van der Waals surface area contributed by atoms with Crippen LogP contribution in [0.1, 0.15) is 38.2 Å². The van der Waals surface area contributed by atoms with Crippen LogP contribution in [0.4, 0.5) is 16.2 Å². The van der Waals surface area contributed by atoms with Crippen molar-refractivity contribution in [3.05, 3.63) is 48.2 Å². The molecule has 2 aliphatic rings. The molecule has 0 aliphatic carbocycles. The van der Waals surface area contributed by atoms with Crippen LogP contribution >= 0.6 is 11.8 Å². The predicted octanol–water partition coefficient (Wildman–Crippen LogP) is 4.63. The normalized spacial score (nSPS) is 16.4. The van der Waals surface area contributed by atoms with Gasteiger partial charge in [0.15, 0.2) is 0 Å². The van der Waals surface area contributed by atoms with Gasteiger partial charge in [0.25, 0.3) is 0 Å². The SMILES string of the molecule is CCOC(=O)CCCN(CCC[C@H]1CN(c2ccc3c(c2)NC(=O)CS3)C(=O)O1)Cc1ccnc2ccc(OC)nc12. The van der Waals surface area contributed by atoms with Gasteiger partial charge in [-0.25, -0.2) is 9.78 Å². The number of amides is 2. The number of hydrogen-bond acceptors (Lipinski definition) is 10. The highest BCUT2D eigenvalue weighted by atomic mass is 32.2. The van der Waals surface area contributed by atoms with Gasteiger partial charge in [0.05, 0.1) is 42.7 Å². The summed E-state index contributed by atoms with van der Waals surface area (Å²) in [6.45, 7) is 4.68. The monoisotopic (exact) mass is 593 g/mol. The lowest BCUT2D eigenvalue weighted by Gasteiger charge is -2.23. The summed E-state index contributed by atoms with van der Waals surface area (Å²) in [5.41, 5.74) is 4.02. The van der Waals surface area contributed by atoms with Crippen molar-refractivity contribution in [3.63, 3.8) is 0 Å². The summed E-state index contributed by atoms with van der Waals surface area (Å²) in [7, 11) is 1.59. The first kappa shape index (κ1) is 29.6. The molecule has 1 saturated heterocycles. The summed E-state index contributed by atoms with van der Waals surface area (Å²) in [4.78, 5) is 50.4. The van der Waals surface area contributed by atoms with E-state index < -0.39 is 0 Å². The summed E-state index contributed by atoms with van der Waals surface area (Å²) in [6.07, 6.45) is 3.65. The summed E-state index contributed by atoms with van der Waals surface area (Å²) in [6, 6.07) is 11.3. The Hall–Kier alpha value is -3.90. The third-order valence-electron chi connectivity index (χ3n) is 7.19. The predicted molar refractivity (Wildman–Crippen MR) is 160 cm³/mol. The van der Waals surface area contributed by atoms with Crippen LogP contribution < -0.4 is 15.0 Å². The Labute approximate surface area is 248 Å². The lowest BCUT2D eigenvalue weighted by atomic mass is 10.1. The van der Waals surface area contributed by atoms with E-state index in [-0.39, 0.29) is 24.1 Å². The molecule has 12 heteroatoms. The molecule has 0 bridgehead atoms. The van der Waals surface area contributed by atoms with Gasteiger partial charge in [-0.3, -0.25) is 24.4 Å². The van der Waals surface area contributed by atoms with Gasteiger partial charge < -0.3 is 19.5 Å². The van der Waals surface area contributed by atoms with E-state index in [1.165, 1.54) is 11.8 Å². The standard InChI is InChI=1S/C30H35N5O6S/c1-3-40-28(37)7-5-15-34(17-20-12-13-31-23-9-11-27(39-2)33-29(20)23)14-4-6-22-18-35(30(38)41-22)21-8-10-25-24(16-21)32-26(36)19-42-25/h8-13,16,22H,3-7,14-15,17-19H2,1-2H3,(H,32,36)/t22-/m0/s1. The van der Waals surface area contributed by atoms with Crippen LogP contribution in [0.2, 0.25) is 0 Å². The molecule has 0 radical (unpaired) electrons. The second-order valence-corrected chi connectivity index (χ2v) is 11.2. The highest BCUT2D eigenvalue weighted by Crippen LogP contribution is 2.35. The summed E-state index contributed by atoms with van der Waals surface area (Å²) >= 11 is 1.48. The maximum atomic E-state index is 12.7. The minimum absolute atomic E-state index is 0.0481. The van der Waals surface area contributed by atoms with Crippen molar-refractivity contribution in [2.24, 2.45) is 0 Å². The van der Waals surface area contributed by atoms with Crippen molar-refractivity contribution in [1.82, 2.24) is 14.9 Å². The molecule has 0 spiro atoms. The van der Waals surface area contributed by atoms with E-state index in [9.17, 15) is 14.4 Å². The third kappa shape index (κ3) is 7.29. The Balaban J connectivity index is 1.21. The first-order valence-corrected chi connectivity index (χ1v) is 15.1. The number of pyridine rings is 2. The second-order valence-electron chi connectivity index (χ2n) is 10.2. The molecular formula is C30H35N5O6S. The fourth-order valence-electron chi connectivity index (χ4n) is 5.16. The van der Waals surface area contributed by atoms with Crippen molar-refractivity contribution in [3.8, 4) is 5.88 Å². The topological polar surface area (TPSA) is 123 Å². The first-order valence-electron chi connectivity index (χ1n) is 14.1. The van der Waals surface area contributed by atoms with Crippen LogP contribution in [0.3, 0.4) is 0 Å². The fraction of sp³-hybridized carbons (Fsp3) is 0.433. The summed E-state index contributed by atoms with van der Waals surface area (Å²) < 4.78 is 16.1. The molecule has 2 amide bonds. The molecule has 1 N–H and O–H groups in total. The number of methoxy groups -OCH3 is 1. The molecular weight excluding hydrogens is 558 g/mol. The number of hydrogen-bond donors (Lipinski definition) is 1. The number of anilines is 2. The fourth-order valence-corrected chi connectivity index (χ4v) is 5.95. The molecule has 0 saturated carbocycles. The molecule has 222 valence electrons. The Morgan fingerprint density at radius 3 is 2.88 bits per heavy atom. The van der Waals surface area contributed by atoms with Gasteiger partial charge in [-0.15, -0.1) is 11.8 Å². The summed E-state index contributed by atoms with van der Waals surface area (Å²) in [5, 5.41) is 2.88. The van der Waals surface area contributed by atoms with E-state index in [4.69, 9.17) is 14.2 Å². The number of benzene rings is 1. The van der Waals surface area contributed by atoms with Gasteiger partial charge in [0.2, 0.25) is 11.8 Å². The molecule has 0 unspecified atom stereocenters. The Kier molecular flexibility index (Phi) is 9.75. The maximum Gasteiger partial charge on any atom is 0.414 e. The molecule has 2 aliphatic heterocycles. The van der Waals surface area contributed by atoms with Crippen LogP contribution in [0.15, 0.2) is 47.5 Å². The van der Waals surface area contributed by atoms with Crippen molar-refractivity contribution in [2.45, 2.75) is 50.2 Å². The number of esters is 1. The molecule has 42 heavy (non-hydrogen) atoms. The molecule has 3 aromatic rings. The minimum Gasteiger partial charge on any atom is -0.481 e. The van der Waals surface area contributed by atoms with Crippen molar-refractivity contribution < 1.29 is 28.6 Å². The second kappa shape index (κ2) is 13.8. The number of carbonyl (C=O) groups is 3. The van der Waals surface area contributed by atoms with Crippen molar-refractivity contribution in [1.29, 1.82) is 0 Å². The van der Waals surface area contributed by atoms with Gasteiger partial charge in [0, 0.05) is 35.8 Å². The highest BCUT2D eigenvalue weighted by molar-refractivity contribution is 8.00. The zero-order chi connectivity index (χ0) is 29.5. The van der Waals surface area contributed by atoms with Gasteiger partial charge in [-0.1, -0.05) is 0 Å². The van der Waals surface area contributed by atoms with E-state index in [0.29, 0.717) is 62.8 Å². The number of thioether (sulfide) groups is 1. The number of fused-ring (bicyclic) bond motifs is 2. The third-order valence-corrected chi connectivity index (χ3v) is 8.26. The lowest BCUT2D eigenvalue weighted by molar-refractivity contribution is -0.143. The van der Waals surface area contributed by atoms with Crippen molar-refractivity contribution >= 4 is 52.1 Å². The van der Waals surface area contributed by atoms with Crippen LogP contribution in [0.5, 0.6) is 5.88 Å². The smallest absolute Gasteiger partial charge is 0.414 e. The number of nitrogens with zero attached hydrogens (tertiary/aromatic N) is 4. The Morgan fingerprint density at radius 2 is 2.05 bits per heavy atom. The van der Waals surface area contributed by atoms with Crippen LogP contribution in [-0.2, 0) is 25.6 Å². The molecule has 5 rings (SSSR count). The number of rotatable bonds is 13. The average molecular weight is 594 g/mol. The zero-order valence-electron chi connectivity index (χ0n) is 23.8. The number of carbonyl (C=O) groups excluding carboxylic acids is 3. The molecule has 1 aromatic carbocycles. The molecule has 1 atom stereocenters. The molecule has 2 aromatic heterocycles. The average Bonchev–Trinajstić information content (AvgIpc) is 3.36. The highest BCUT2D eigenvalue weighted by Gasteiger charge is 2.32. The van der Waals surface area contributed by atoms with E-state index >= 15 is 0 Å². The van der Waals surface area contributed by atoms with Crippen LogP contribution in [0.25, 0.3) is 11.0 Å². The van der Waals surface area contributed by atoms with E-state index in [1.54, 1.807) is 31.2 Å². The molecule has 11 nitrogen and oxygen atoms in total. The number of cyclic esters (lactones) is 1. The van der Waals surface area contributed by atoms with Gasteiger partial charge >= 0.3 is 12.1 Å². The van der Waals surface area contributed by atoms with E-state index in [0.717, 1.165) is 40.1 Å².